The van der Waals surface area contributed by atoms with Crippen LogP contribution in [0.2, 0.25) is 0 Å². The molecule has 51 heavy (non-hydrogen) atoms. The largest absolute Gasteiger partial charge is 0.485 e. The molecule has 10 rings (SSSR count). The summed E-state index contributed by atoms with van der Waals surface area (Å²) >= 11 is 0. The van der Waals surface area contributed by atoms with Gasteiger partial charge >= 0.3 is 0 Å². The minimum Gasteiger partial charge on any atom is -0.485 e. The van der Waals surface area contributed by atoms with Crippen LogP contribution in [0.15, 0.2) is 176 Å². The van der Waals surface area contributed by atoms with Crippen LogP contribution in [0.3, 0.4) is 0 Å². The highest BCUT2D eigenvalue weighted by atomic mass is 16.5. The maximum Gasteiger partial charge on any atom is 0.164 e. The molecule has 1 aliphatic heterocycles. The Kier molecular flexibility index (Phi) is 6.91. The minimum atomic E-state index is -0.152. The first kappa shape index (κ1) is 29.3. The molecule has 0 radical (unpaired) electrons. The molecule has 0 N–H and O–H groups in total. The summed E-state index contributed by atoms with van der Waals surface area (Å²) in [6, 6.07) is 55.3. The molecule has 0 spiro atoms. The van der Waals surface area contributed by atoms with Gasteiger partial charge in [-0.15, -0.1) is 0 Å². The molecule has 1 aromatic heterocycles. The number of hydrogen-bond donors (Lipinski definition) is 0. The number of ether oxygens (including phenoxy) is 1. The van der Waals surface area contributed by atoms with Crippen LogP contribution in [-0.2, 0) is 0 Å². The Labute approximate surface area is 296 Å². The predicted octanol–water partition coefficient (Wildman–Crippen LogP) is 11.3. The number of allylic oxidation sites excluding steroid dienone is 2. The third-order valence-electron chi connectivity index (χ3n) is 10.1. The lowest BCUT2D eigenvalue weighted by Crippen LogP contribution is -2.20. The second-order valence-electron chi connectivity index (χ2n) is 13.2. The van der Waals surface area contributed by atoms with Gasteiger partial charge in [0.1, 0.15) is 11.9 Å². The smallest absolute Gasteiger partial charge is 0.164 e. The monoisotopic (exact) mass is 653 g/mol. The number of hydrogen-bond acceptors (Lipinski definition) is 4. The van der Waals surface area contributed by atoms with E-state index in [1.165, 1.54) is 32.7 Å². The zero-order valence-corrected chi connectivity index (χ0v) is 27.6. The van der Waals surface area contributed by atoms with Gasteiger partial charge in [0, 0.05) is 22.3 Å². The molecule has 2 heterocycles. The summed E-state index contributed by atoms with van der Waals surface area (Å²) in [6.45, 7) is 0. The molecular formula is C47H31N3O. The van der Waals surface area contributed by atoms with Crippen LogP contribution in [0.25, 0.3) is 72.1 Å². The van der Waals surface area contributed by atoms with Crippen LogP contribution in [0.5, 0.6) is 5.75 Å². The molecule has 240 valence electrons. The molecule has 2 unspecified atom stereocenters. The molecule has 4 heteroatoms. The molecule has 7 aromatic carbocycles. The summed E-state index contributed by atoms with van der Waals surface area (Å²) in [5.74, 6) is 2.80. The van der Waals surface area contributed by atoms with Gasteiger partial charge in [-0.05, 0) is 62.0 Å². The van der Waals surface area contributed by atoms with Crippen molar-refractivity contribution in [3.8, 4) is 50.8 Å². The average molecular weight is 654 g/mol. The molecule has 0 saturated heterocycles. The fraction of sp³-hybridized carbons (Fsp3) is 0.0426. The summed E-state index contributed by atoms with van der Waals surface area (Å²) in [7, 11) is 0. The molecule has 4 nitrogen and oxygen atoms in total. The van der Waals surface area contributed by atoms with E-state index in [9.17, 15) is 0 Å². The second kappa shape index (κ2) is 12.0. The highest BCUT2D eigenvalue weighted by Crippen LogP contribution is 2.49. The first-order valence-corrected chi connectivity index (χ1v) is 17.3. The van der Waals surface area contributed by atoms with Crippen LogP contribution in [0.1, 0.15) is 17.3 Å². The van der Waals surface area contributed by atoms with Gasteiger partial charge in [0.2, 0.25) is 0 Å². The van der Waals surface area contributed by atoms with Crippen LogP contribution < -0.4 is 4.74 Å². The Morgan fingerprint density at radius 2 is 0.980 bits per heavy atom. The Morgan fingerprint density at radius 1 is 0.431 bits per heavy atom. The summed E-state index contributed by atoms with van der Waals surface area (Å²) in [6.07, 6.45) is 6.19. The van der Waals surface area contributed by atoms with Gasteiger partial charge in [-0.25, -0.2) is 15.0 Å². The normalized spacial score (nSPS) is 16.0. The van der Waals surface area contributed by atoms with Crippen molar-refractivity contribution in [3.05, 3.63) is 187 Å². The van der Waals surface area contributed by atoms with Crippen LogP contribution in [-0.4, -0.2) is 21.1 Å². The Morgan fingerprint density at radius 3 is 1.76 bits per heavy atom. The van der Waals surface area contributed by atoms with E-state index in [4.69, 9.17) is 19.7 Å². The molecule has 0 fully saturated rings. The second-order valence-corrected chi connectivity index (χ2v) is 13.2. The van der Waals surface area contributed by atoms with Crippen LogP contribution in [0, 0.1) is 0 Å². The van der Waals surface area contributed by atoms with E-state index >= 15 is 0 Å². The molecule has 2 atom stereocenters. The highest BCUT2D eigenvalue weighted by molar-refractivity contribution is 6.08. The zero-order valence-electron chi connectivity index (χ0n) is 27.6. The Bertz CT molecular complexity index is 2660. The molecule has 0 bridgehead atoms. The molecule has 8 aromatic rings. The lowest BCUT2D eigenvalue weighted by Gasteiger charge is -2.22. The number of aromatic nitrogens is 3. The van der Waals surface area contributed by atoms with Gasteiger partial charge in [-0.2, -0.15) is 0 Å². The van der Waals surface area contributed by atoms with Gasteiger partial charge in [-0.3, -0.25) is 0 Å². The quantitative estimate of drug-likeness (QED) is 0.173. The Hall–Kier alpha value is -6.65. The summed E-state index contributed by atoms with van der Waals surface area (Å²) in [5, 5.41) is 5.00. The standard InChI is InChI=1S/C47H31N3O/c1-3-10-30(11-4-1)31-18-23-35(24-19-31)46-48-45(34-13-5-2-6-14-34)49-47(50-46)40-16-9-17-42-44(40)39-27-26-37(29-43(39)51-42)36-25-22-33-21-20-32-12-7-8-15-38(32)41(33)28-36/h1-29,42,44H. The van der Waals surface area contributed by atoms with Crippen molar-refractivity contribution < 1.29 is 4.74 Å². The van der Waals surface area contributed by atoms with E-state index in [1.54, 1.807) is 0 Å². The van der Waals surface area contributed by atoms with E-state index in [2.05, 4.69) is 140 Å². The summed E-state index contributed by atoms with van der Waals surface area (Å²) in [5.41, 5.74) is 8.67. The summed E-state index contributed by atoms with van der Waals surface area (Å²) < 4.78 is 6.67. The first-order valence-electron chi connectivity index (χ1n) is 17.3. The van der Waals surface area contributed by atoms with Gasteiger partial charge in [-0.1, -0.05) is 158 Å². The fourth-order valence-corrected chi connectivity index (χ4v) is 7.52. The minimum absolute atomic E-state index is 0.0427. The predicted molar refractivity (Wildman–Crippen MR) is 207 cm³/mol. The SMILES string of the molecule is C1=CC2Oc3cc(-c4ccc5ccc6ccccc6c5c4)ccc3C2C(c2nc(-c3ccccc3)nc(-c3ccc(-c4ccccc4)cc3)n2)=C1. The molecule has 1 aliphatic carbocycles. The maximum atomic E-state index is 6.67. The van der Waals surface area contributed by atoms with Crippen molar-refractivity contribution in [2.45, 2.75) is 12.0 Å². The highest BCUT2D eigenvalue weighted by Gasteiger charge is 2.38. The molecule has 0 saturated carbocycles. The van der Waals surface area contributed by atoms with E-state index in [0.29, 0.717) is 17.5 Å². The van der Waals surface area contributed by atoms with Crippen LogP contribution >= 0.6 is 0 Å². The van der Waals surface area contributed by atoms with Crippen molar-refractivity contribution in [3.63, 3.8) is 0 Å². The van der Waals surface area contributed by atoms with Crippen molar-refractivity contribution in [1.29, 1.82) is 0 Å². The van der Waals surface area contributed by atoms with Crippen molar-refractivity contribution in [2.24, 2.45) is 0 Å². The third kappa shape index (κ3) is 5.20. The van der Waals surface area contributed by atoms with Crippen molar-refractivity contribution >= 4 is 27.1 Å². The van der Waals surface area contributed by atoms with Gasteiger partial charge < -0.3 is 4.74 Å². The van der Waals surface area contributed by atoms with Crippen LogP contribution in [0.4, 0.5) is 0 Å². The Balaban J connectivity index is 1.04. The van der Waals surface area contributed by atoms with E-state index in [0.717, 1.165) is 39.1 Å². The fourth-order valence-electron chi connectivity index (χ4n) is 7.52. The third-order valence-corrected chi connectivity index (χ3v) is 10.1. The number of benzene rings is 7. The van der Waals surface area contributed by atoms with E-state index < -0.39 is 0 Å². The topological polar surface area (TPSA) is 47.9 Å². The lowest BCUT2D eigenvalue weighted by molar-refractivity contribution is 0.271. The van der Waals surface area contributed by atoms with Gasteiger partial charge in [0.15, 0.2) is 17.5 Å². The maximum absolute atomic E-state index is 6.67. The first-order chi connectivity index (χ1) is 25.2. The van der Waals surface area contributed by atoms with Crippen molar-refractivity contribution in [1.82, 2.24) is 15.0 Å². The van der Waals surface area contributed by atoms with Crippen molar-refractivity contribution in [2.75, 3.05) is 0 Å². The molecular weight excluding hydrogens is 623 g/mol. The number of fused-ring (bicyclic) bond motifs is 6. The lowest BCUT2D eigenvalue weighted by atomic mass is 9.83. The zero-order chi connectivity index (χ0) is 33.7. The average Bonchev–Trinajstić information content (AvgIpc) is 3.59. The van der Waals surface area contributed by atoms with E-state index in [1.807, 2.05) is 36.4 Å². The number of nitrogens with zero attached hydrogens (tertiary/aromatic N) is 3. The van der Waals surface area contributed by atoms with Gasteiger partial charge in [0.05, 0.1) is 5.92 Å². The number of rotatable bonds is 5. The van der Waals surface area contributed by atoms with E-state index in [-0.39, 0.29) is 12.0 Å². The molecule has 0 amide bonds. The van der Waals surface area contributed by atoms with Gasteiger partial charge in [0.25, 0.3) is 0 Å². The summed E-state index contributed by atoms with van der Waals surface area (Å²) in [4.78, 5) is 15.2. The molecule has 2 aliphatic rings.